The molecule has 0 radical (unpaired) electrons. The van der Waals surface area contributed by atoms with Gasteiger partial charge in [0.25, 0.3) is 0 Å². The fourth-order valence-electron chi connectivity index (χ4n) is 2.99. The number of rotatable bonds is 7. The second-order valence-electron chi connectivity index (χ2n) is 6.00. The first-order valence-corrected chi connectivity index (χ1v) is 8.01. The van der Waals surface area contributed by atoms with Gasteiger partial charge < -0.3 is 15.1 Å². The van der Waals surface area contributed by atoms with Crippen LogP contribution in [-0.4, -0.2) is 65.4 Å². The Bertz CT molecular complexity index is 399. The number of β-amino-alcohol motifs (C(OH)–C–C–N with tert-alkyl or cyclic N) is 1. The summed E-state index contributed by atoms with van der Waals surface area (Å²) in [4.78, 5) is 4.84. The summed E-state index contributed by atoms with van der Waals surface area (Å²) in [5, 5.41) is 19.2. The summed E-state index contributed by atoms with van der Waals surface area (Å²) in [5.74, 6) is 0. The predicted octanol–water partition coefficient (Wildman–Crippen LogP) is 1.50. The van der Waals surface area contributed by atoms with E-state index in [4.69, 9.17) is 5.11 Å². The highest BCUT2D eigenvalue weighted by molar-refractivity contribution is 5.17. The van der Waals surface area contributed by atoms with Crippen LogP contribution in [0.25, 0.3) is 0 Å². The number of aliphatic hydroxyl groups excluding tert-OH is 2. The van der Waals surface area contributed by atoms with Crippen molar-refractivity contribution >= 4 is 0 Å². The van der Waals surface area contributed by atoms with Crippen LogP contribution in [0.3, 0.4) is 0 Å². The average molecular weight is 292 g/mol. The van der Waals surface area contributed by atoms with Crippen molar-refractivity contribution in [3.05, 3.63) is 35.9 Å². The van der Waals surface area contributed by atoms with E-state index in [9.17, 15) is 5.11 Å². The zero-order chi connectivity index (χ0) is 15.1. The van der Waals surface area contributed by atoms with Crippen molar-refractivity contribution in [2.24, 2.45) is 0 Å². The summed E-state index contributed by atoms with van der Waals surface area (Å²) < 4.78 is 0. The quantitative estimate of drug-likeness (QED) is 0.748. The van der Waals surface area contributed by atoms with Crippen LogP contribution in [0, 0.1) is 0 Å². The van der Waals surface area contributed by atoms with Crippen molar-refractivity contribution in [3.8, 4) is 0 Å². The molecule has 1 aliphatic heterocycles. The molecule has 0 unspecified atom stereocenters. The van der Waals surface area contributed by atoms with Crippen molar-refractivity contribution in [1.82, 2.24) is 9.80 Å². The van der Waals surface area contributed by atoms with Gasteiger partial charge in [-0.25, -0.2) is 0 Å². The zero-order valence-electron chi connectivity index (χ0n) is 13.0. The summed E-state index contributed by atoms with van der Waals surface area (Å²) in [6.07, 6.45) is 1.55. The van der Waals surface area contributed by atoms with E-state index in [-0.39, 0.29) is 0 Å². The Morgan fingerprint density at radius 1 is 1.19 bits per heavy atom. The van der Waals surface area contributed by atoms with Crippen LogP contribution < -0.4 is 0 Å². The van der Waals surface area contributed by atoms with Crippen molar-refractivity contribution in [2.45, 2.75) is 31.9 Å². The number of piperazine rings is 1. The van der Waals surface area contributed by atoms with Crippen molar-refractivity contribution < 1.29 is 10.2 Å². The third-order valence-electron chi connectivity index (χ3n) is 4.32. The molecule has 0 spiro atoms. The van der Waals surface area contributed by atoms with Gasteiger partial charge in [0.1, 0.15) is 0 Å². The molecule has 1 fully saturated rings. The molecule has 0 bridgehead atoms. The SMILES string of the molecule is C[C@H]1CN(CCCCO)CCN1C[C@H](O)c1ccccc1. The van der Waals surface area contributed by atoms with Crippen LogP contribution in [0.15, 0.2) is 30.3 Å². The van der Waals surface area contributed by atoms with Gasteiger partial charge in [-0.15, -0.1) is 0 Å². The van der Waals surface area contributed by atoms with E-state index in [1.807, 2.05) is 30.3 Å². The summed E-state index contributed by atoms with van der Waals surface area (Å²) in [5.41, 5.74) is 0.995. The first-order valence-electron chi connectivity index (χ1n) is 8.01. The number of aliphatic hydroxyl groups is 2. The smallest absolute Gasteiger partial charge is 0.0917 e. The fraction of sp³-hybridized carbons (Fsp3) is 0.647. The minimum absolute atomic E-state index is 0.290. The zero-order valence-corrected chi connectivity index (χ0v) is 13.0. The molecule has 1 heterocycles. The Morgan fingerprint density at radius 3 is 2.62 bits per heavy atom. The average Bonchev–Trinajstić information content (AvgIpc) is 2.51. The standard InChI is InChI=1S/C17H28N2O2/c1-15-13-18(9-5-6-12-20)10-11-19(15)14-17(21)16-7-3-2-4-8-16/h2-4,7-8,15,17,20-21H,5-6,9-14H2,1H3/t15-,17-/m0/s1. The van der Waals surface area contributed by atoms with E-state index in [1.165, 1.54) is 0 Å². The summed E-state index contributed by atoms with van der Waals surface area (Å²) >= 11 is 0. The van der Waals surface area contributed by atoms with Gasteiger partial charge >= 0.3 is 0 Å². The van der Waals surface area contributed by atoms with Crippen molar-refractivity contribution in [1.29, 1.82) is 0 Å². The molecule has 0 saturated carbocycles. The molecule has 21 heavy (non-hydrogen) atoms. The maximum Gasteiger partial charge on any atom is 0.0917 e. The number of hydrogen-bond donors (Lipinski definition) is 2. The molecule has 2 atom stereocenters. The molecule has 2 rings (SSSR count). The lowest BCUT2D eigenvalue weighted by atomic mass is 10.1. The van der Waals surface area contributed by atoms with E-state index in [2.05, 4.69) is 16.7 Å². The van der Waals surface area contributed by atoms with E-state index < -0.39 is 6.10 Å². The van der Waals surface area contributed by atoms with E-state index in [0.29, 0.717) is 19.2 Å². The second kappa shape index (κ2) is 8.49. The van der Waals surface area contributed by atoms with Gasteiger partial charge in [0.05, 0.1) is 6.10 Å². The van der Waals surface area contributed by atoms with Gasteiger partial charge in [-0.1, -0.05) is 30.3 Å². The molecule has 1 aliphatic rings. The van der Waals surface area contributed by atoms with Gasteiger partial charge in [-0.2, -0.15) is 0 Å². The molecule has 4 nitrogen and oxygen atoms in total. The number of unbranched alkanes of at least 4 members (excludes halogenated alkanes) is 1. The van der Waals surface area contributed by atoms with Gasteiger partial charge in [0.2, 0.25) is 0 Å². The Kier molecular flexibility index (Phi) is 6.64. The van der Waals surface area contributed by atoms with Crippen LogP contribution in [0.1, 0.15) is 31.4 Å². The van der Waals surface area contributed by atoms with Gasteiger partial charge in [-0.3, -0.25) is 4.90 Å². The highest BCUT2D eigenvalue weighted by Gasteiger charge is 2.25. The molecule has 1 saturated heterocycles. The molecule has 118 valence electrons. The van der Waals surface area contributed by atoms with E-state index in [0.717, 1.165) is 44.6 Å². The van der Waals surface area contributed by atoms with Gasteiger partial charge in [0, 0.05) is 38.8 Å². The molecule has 1 aromatic carbocycles. The molecule has 0 aromatic heterocycles. The topological polar surface area (TPSA) is 46.9 Å². The third-order valence-corrected chi connectivity index (χ3v) is 4.32. The lowest BCUT2D eigenvalue weighted by molar-refractivity contribution is 0.0380. The van der Waals surface area contributed by atoms with Crippen LogP contribution in [0.2, 0.25) is 0 Å². The van der Waals surface area contributed by atoms with Crippen LogP contribution in [0.4, 0.5) is 0 Å². The van der Waals surface area contributed by atoms with Crippen molar-refractivity contribution in [3.63, 3.8) is 0 Å². The third kappa shape index (κ3) is 5.08. The molecule has 0 aliphatic carbocycles. The van der Waals surface area contributed by atoms with Crippen LogP contribution in [-0.2, 0) is 0 Å². The number of nitrogens with zero attached hydrogens (tertiary/aromatic N) is 2. The summed E-state index contributed by atoms with van der Waals surface area (Å²) in [6.45, 7) is 7.40. The maximum absolute atomic E-state index is 10.3. The van der Waals surface area contributed by atoms with E-state index in [1.54, 1.807) is 0 Å². The Hall–Kier alpha value is -0.940. The Morgan fingerprint density at radius 2 is 1.95 bits per heavy atom. The lowest BCUT2D eigenvalue weighted by Crippen LogP contribution is -2.52. The highest BCUT2D eigenvalue weighted by Crippen LogP contribution is 2.18. The molecule has 1 aromatic rings. The van der Waals surface area contributed by atoms with Crippen LogP contribution in [0.5, 0.6) is 0 Å². The minimum atomic E-state index is -0.408. The van der Waals surface area contributed by atoms with Crippen molar-refractivity contribution in [2.75, 3.05) is 39.3 Å². The van der Waals surface area contributed by atoms with E-state index >= 15 is 0 Å². The summed E-state index contributed by atoms with van der Waals surface area (Å²) in [7, 11) is 0. The minimum Gasteiger partial charge on any atom is -0.396 e. The monoisotopic (exact) mass is 292 g/mol. The Labute approximate surface area is 128 Å². The summed E-state index contributed by atoms with van der Waals surface area (Å²) in [6, 6.07) is 10.4. The van der Waals surface area contributed by atoms with Crippen LogP contribution >= 0.6 is 0 Å². The lowest BCUT2D eigenvalue weighted by Gasteiger charge is -2.40. The number of benzene rings is 1. The molecular weight excluding hydrogens is 264 g/mol. The first kappa shape index (κ1) is 16.4. The predicted molar refractivity (Wildman–Crippen MR) is 85.2 cm³/mol. The molecule has 4 heteroatoms. The number of hydrogen-bond acceptors (Lipinski definition) is 4. The Balaban J connectivity index is 1.78. The first-order chi connectivity index (χ1) is 10.2. The molecule has 2 N–H and O–H groups in total. The fourth-order valence-corrected chi connectivity index (χ4v) is 2.99. The van der Waals surface area contributed by atoms with Gasteiger partial charge in [-0.05, 0) is 31.9 Å². The highest BCUT2D eigenvalue weighted by atomic mass is 16.3. The largest absolute Gasteiger partial charge is 0.396 e. The normalized spacial score (nSPS) is 22.3. The maximum atomic E-state index is 10.3. The van der Waals surface area contributed by atoms with Gasteiger partial charge in [0.15, 0.2) is 0 Å². The molecular formula is C17H28N2O2. The second-order valence-corrected chi connectivity index (χ2v) is 6.00. The molecule has 0 amide bonds.